The summed E-state index contributed by atoms with van der Waals surface area (Å²) in [6, 6.07) is 17.8. The molecule has 1 fully saturated rings. The Morgan fingerprint density at radius 1 is 1.00 bits per heavy atom. The Labute approximate surface area is 216 Å². The molecule has 0 saturated heterocycles. The molecule has 0 spiro atoms. The number of aromatic nitrogens is 3. The second kappa shape index (κ2) is 10.9. The SMILES string of the molecule is Cc1noc(-c2ccccc2)c1NC(=O)NCC1CCC(Nc2nc(N(C)C)c3ccccc3n2)CC1. The molecule has 192 valence electrons. The number of fused-ring (bicyclic) bond motifs is 1. The third kappa shape index (κ3) is 5.66. The van der Waals surface area contributed by atoms with Crippen LogP contribution in [0.1, 0.15) is 31.4 Å². The average molecular weight is 500 g/mol. The first kappa shape index (κ1) is 24.5. The molecule has 9 nitrogen and oxygen atoms in total. The van der Waals surface area contributed by atoms with E-state index in [4.69, 9.17) is 14.5 Å². The fourth-order valence-electron chi connectivity index (χ4n) is 4.86. The summed E-state index contributed by atoms with van der Waals surface area (Å²) in [5.74, 6) is 2.57. The highest BCUT2D eigenvalue weighted by molar-refractivity contribution is 5.94. The molecule has 0 aliphatic heterocycles. The van der Waals surface area contributed by atoms with Crippen LogP contribution in [-0.2, 0) is 0 Å². The summed E-state index contributed by atoms with van der Waals surface area (Å²) in [6.45, 7) is 2.45. The van der Waals surface area contributed by atoms with Gasteiger partial charge in [-0.25, -0.2) is 9.78 Å². The van der Waals surface area contributed by atoms with Gasteiger partial charge in [0.2, 0.25) is 5.95 Å². The number of anilines is 3. The fraction of sp³-hybridized carbons (Fsp3) is 0.357. The average Bonchev–Trinajstić information content (AvgIpc) is 3.28. The van der Waals surface area contributed by atoms with Crippen molar-refractivity contribution in [2.75, 3.05) is 36.2 Å². The molecule has 3 N–H and O–H groups in total. The molecule has 2 aromatic carbocycles. The maximum absolute atomic E-state index is 12.7. The van der Waals surface area contributed by atoms with Crippen LogP contribution < -0.4 is 20.9 Å². The number of benzene rings is 2. The van der Waals surface area contributed by atoms with Gasteiger partial charge < -0.3 is 25.4 Å². The summed E-state index contributed by atoms with van der Waals surface area (Å²) in [5, 5.41) is 14.6. The van der Waals surface area contributed by atoms with E-state index in [1.54, 1.807) is 0 Å². The number of carbonyl (C=O) groups is 1. The summed E-state index contributed by atoms with van der Waals surface area (Å²) < 4.78 is 5.47. The van der Waals surface area contributed by atoms with Crippen molar-refractivity contribution in [1.82, 2.24) is 20.4 Å². The van der Waals surface area contributed by atoms with E-state index in [0.29, 0.717) is 41.6 Å². The van der Waals surface area contributed by atoms with Crippen LogP contribution in [0, 0.1) is 12.8 Å². The van der Waals surface area contributed by atoms with E-state index >= 15 is 0 Å². The van der Waals surface area contributed by atoms with Gasteiger partial charge in [-0.05, 0) is 50.7 Å². The predicted molar refractivity (Wildman–Crippen MR) is 147 cm³/mol. The van der Waals surface area contributed by atoms with Gasteiger partial charge in [0.15, 0.2) is 5.76 Å². The lowest BCUT2D eigenvalue weighted by atomic mass is 9.86. The van der Waals surface area contributed by atoms with Crippen LogP contribution >= 0.6 is 0 Å². The third-order valence-corrected chi connectivity index (χ3v) is 6.88. The molecule has 1 aliphatic rings. The number of aryl methyl sites for hydroxylation is 1. The lowest BCUT2D eigenvalue weighted by Gasteiger charge is -2.29. The number of rotatable bonds is 7. The molecule has 0 bridgehead atoms. The first-order chi connectivity index (χ1) is 18.0. The molecular formula is C28H33N7O2. The molecule has 5 rings (SSSR count). The molecule has 2 amide bonds. The second-order valence-electron chi connectivity index (χ2n) is 9.82. The van der Waals surface area contributed by atoms with E-state index in [0.717, 1.165) is 48.0 Å². The van der Waals surface area contributed by atoms with E-state index in [1.165, 1.54) is 0 Å². The smallest absolute Gasteiger partial charge is 0.319 e. The predicted octanol–water partition coefficient (Wildman–Crippen LogP) is 5.45. The standard InChI is InChI=1S/C28H33N7O2/c1-18-24(25(37-34-18)20-9-5-4-6-10-20)32-28(36)29-17-19-13-15-21(16-14-19)30-27-31-23-12-8-7-11-22(23)26(33-27)35(2)3/h4-12,19,21H,13-17H2,1-3H3,(H2,29,32,36)(H,30,31,33). The van der Waals surface area contributed by atoms with E-state index in [9.17, 15) is 4.79 Å². The van der Waals surface area contributed by atoms with E-state index in [-0.39, 0.29) is 6.03 Å². The van der Waals surface area contributed by atoms with Crippen LogP contribution in [-0.4, -0.2) is 47.8 Å². The van der Waals surface area contributed by atoms with Crippen molar-refractivity contribution in [3.63, 3.8) is 0 Å². The first-order valence-electron chi connectivity index (χ1n) is 12.7. The molecule has 2 aromatic heterocycles. The summed E-state index contributed by atoms with van der Waals surface area (Å²) >= 11 is 0. The minimum absolute atomic E-state index is 0.246. The number of carbonyl (C=O) groups excluding carboxylic acids is 1. The van der Waals surface area contributed by atoms with Gasteiger partial charge in [0.1, 0.15) is 17.2 Å². The van der Waals surface area contributed by atoms with Crippen molar-refractivity contribution in [3.05, 3.63) is 60.3 Å². The van der Waals surface area contributed by atoms with E-state index in [2.05, 4.69) is 27.2 Å². The Morgan fingerprint density at radius 2 is 1.73 bits per heavy atom. The lowest BCUT2D eigenvalue weighted by molar-refractivity contribution is 0.246. The van der Waals surface area contributed by atoms with Gasteiger partial charge in [0, 0.05) is 37.6 Å². The summed E-state index contributed by atoms with van der Waals surface area (Å²) in [6.07, 6.45) is 4.05. The summed E-state index contributed by atoms with van der Waals surface area (Å²) in [5.41, 5.74) is 3.06. The molecule has 37 heavy (non-hydrogen) atoms. The lowest BCUT2D eigenvalue weighted by Crippen LogP contribution is -2.36. The topological polar surface area (TPSA) is 108 Å². The minimum atomic E-state index is -0.246. The van der Waals surface area contributed by atoms with Crippen LogP contribution in [0.15, 0.2) is 59.1 Å². The maximum Gasteiger partial charge on any atom is 0.319 e. The summed E-state index contributed by atoms with van der Waals surface area (Å²) in [4.78, 5) is 24.2. The molecule has 9 heteroatoms. The van der Waals surface area contributed by atoms with Gasteiger partial charge in [-0.2, -0.15) is 4.98 Å². The number of nitrogens with one attached hydrogen (secondary N) is 3. The van der Waals surface area contributed by atoms with Crippen LogP contribution in [0.25, 0.3) is 22.2 Å². The Balaban J connectivity index is 1.13. The molecule has 2 heterocycles. The normalized spacial score (nSPS) is 17.4. The van der Waals surface area contributed by atoms with Crippen molar-refractivity contribution in [2.45, 2.75) is 38.6 Å². The highest BCUT2D eigenvalue weighted by atomic mass is 16.5. The van der Waals surface area contributed by atoms with E-state index < -0.39 is 0 Å². The van der Waals surface area contributed by atoms with Gasteiger partial charge in [0.25, 0.3) is 0 Å². The van der Waals surface area contributed by atoms with Crippen molar-refractivity contribution in [2.24, 2.45) is 5.92 Å². The van der Waals surface area contributed by atoms with Crippen LogP contribution in [0.4, 0.5) is 22.2 Å². The van der Waals surface area contributed by atoms with E-state index in [1.807, 2.05) is 74.4 Å². The van der Waals surface area contributed by atoms with Crippen molar-refractivity contribution in [1.29, 1.82) is 0 Å². The quantitative estimate of drug-likeness (QED) is 0.310. The zero-order valence-electron chi connectivity index (χ0n) is 21.5. The van der Waals surface area contributed by atoms with Crippen molar-refractivity contribution >= 4 is 34.4 Å². The Bertz CT molecular complexity index is 1360. The molecule has 0 unspecified atom stereocenters. The number of urea groups is 1. The molecule has 0 radical (unpaired) electrons. The second-order valence-corrected chi connectivity index (χ2v) is 9.82. The van der Waals surface area contributed by atoms with Gasteiger partial charge in [-0.3, -0.25) is 0 Å². The maximum atomic E-state index is 12.7. The minimum Gasteiger partial charge on any atom is -0.362 e. The molecule has 1 aliphatic carbocycles. The molecule has 4 aromatic rings. The van der Waals surface area contributed by atoms with Crippen molar-refractivity contribution in [3.8, 4) is 11.3 Å². The number of nitrogens with zero attached hydrogens (tertiary/aromatic N) is 4. The zero-order valence-corrected chi connectivity index (χ0v) is 21.5. The Hall–Kier alpha value is -4.14. The van der Waals surface area contributed by atoms with Gasteiger partial charge >= 0.3 is 6.03 Å². The largest absolute Gasteiger partial charge is 0.362 e. The van der Waals surface area contributed by atoms with Gasteiger partial charge in [0.05, 0.1) is 5.52 Å². The monoisotopic (exact) mass is 499 g/mol. The number of hydrogen-bond donors (Lipinski definition) is 3. The van der Waals surface area contributed by atoms with Crippen molar-refractivity contribution < 1.29 is 9.32 Å². The molecular weight excluding hydrogens is 466 g/mol. The summed E-state index contributed by atoms with van der Waals surface area (Å²) in [7, 11) is 4.00. The highest BCUT2D eigenvalue weighted by Gasteiger charge is 2.23. The van der Waals surface area contributed by atoms with Gasteiger partial charge in [-0.15, -0.1) is 0 Å². The fourth-order valence-corrected chi connectivity index (χ4v) is 4.86. The number of amides is 2. The Kier molecular flexibility index (Phi) is 7.20. The first-order valence-corrected chi connectivity index (χ1v) is 12.7. The molecule has 1 saturated carbocycles. The van der Waals surface area contributed by atoms with Crippen LogP contribution in [0.2, 0.25) is 0 Å². The van der Waals surface area contributed by atoms with Gasteiger partial charge in [-0.1, -0.05) is 47.6 Å². The Morgan fingerprint density at radius 3 is 2.49 bits per heavy atom. The molecule has 0 atom stereocenters. The third-order valence-electron chi connectivity index (χ3n) is 6.88. The number of hydrogen-bond acceptors (Lipinski definition) is 7. The van der Waals surface area contributed by atoms with Crippen LogP contribution in [0.5, 0.6) is 0 Å². The zero-order chi connectivity index (χ0) is 25.8. The van der Waals surface area contributed by atoms with Crippen LogP contribution in [0.3, 0.4) is 0 Å². The number of para-hydroxylation sites is 1. The highest BCUT2D eigenvalue weighted by Crippen LogP contribution is 2.31.